The summed E-state index contributed by atoms with van der Waals surface area (Å²) >= 11 is 1.71. The molecule has 0 unspecified atom stereocenters. The number of carbonyl (C=O) groups is 2. The molecule has 2 aromatic rings. The monoisotopic (exact) mass is 415 g/mol. The molecule has 0 saturated heterocycles. The summed E-state index contributed by atoms with van der Waals surface area (Å²) in [5, 5.41) is 20.8. The number of amides is 2. The molecule has 3 rings (SSSR count). The number of carbonyl (C=O) groups excluding carboxylic acids is 2. The van der Waals surface area contributed by atoms with E-state index in [1.165, 1.54) is 22.9 Å². The Bertz CT molecular complexity index is 952. The van der Waals surface area contributed by atoms with E-state index in [1.807, 2.05) is 6.92 Å². The van der Waals surface area contributed by atoms with Crippen molar-refractivity contribution < 1.29 is 14.5 Å². The van der Waals surface area contributed by atoms with E-state index in [-0.39, 0.29) is 24.0 Å². The van der Waals surface area contributed by atoms with Gasteiger partial charge in [0.05, 0.1) is 10.6 Å². The van der Waals surface area contributed by atoms with Crippen LogP contribution >= 0.6 is 11.8 Å². The van der Waals surface area contributed by atoms with E-state index >= 15 is 0 Å². The number of non-ortho nitro benzene ring substituents is 1. The second-order valence-corrected chi connectivity index (χ2v) is 7.43. The van der Waals surface area contributed by atoms with Crippen LogP contribution in [0.15, 0.2) is 30.3 Å². The Kier molecular flexibility index (Phi) is 6.65. The largest absolute Gasteiger partial charge is 0.355 e. The molecule has 1 aliphatic rings. The summed E-state index contributed by atoms with van der Waals surface area (Å²) in [5.74, 6) is 1.50. The Balaban J connectivity index is 1.70. The molecule has 0 fully saturated rings. The van der Waals surface area contributed by atoms with Crippen LogP contribution in [0.25, 0.3) is 6.08 Å². The predicted molar refractivity (Wildman–Crippen MR) is 111 cm³/mol. The van der Waals surface area contributed by atoms with Gasteiger partial charge in [-0.1, -0.05) is 6.92 Å². The van der Waals surface area contributed by atoms with Crippen LogP contribution < -0.4 is 10.6 Å². The summed E-state index contributed by atoms with van der Waals surface area (Å²) in [6, 6.07) is 5.90. The number of hydrogen-bond acceptors (Lipinski definition) is 6. The average molecular weight is 415 g/mol. The molecule has 2 heterocycles. The minimum absolute atomic E-state index is 0.00934. The van der Waals surface area contributed by atoms with Gasteiger partial charge < -0.3 is 10.6 Å². The van der Waals surface area contributed by atoms with Crippen molar-refractivity contribution >= 4 is 41.2 Å². The van der Waals surface area contributed by atoms with Crippen LogP contribution in [0, 0.1) is 10.1 Å². The molecule has 1 aromatic heterocycles. The lowest BCUT2D eigenvalue weighted by Crippen LogP contribution is -2.29. The van der Waals surface area contributed by atoms with E-state index in [0.29, 0.717) is 17.9 Å². The number of aromatic nitrogens is 2. The molecule has 0 radical (unpaired) electrons. The van der Waals surface area contributed by atoms with Crippen LogP contribution in [0.3, 0.4) is 0 Å². The molecule has 0 bridgehead atoms. The van der Waals surface area contributed by atoms with Crippen LogP contribution in [0.1, 0.15) is 30.2 Å². The third kappa shape index (κ3) is 5.23. The van der Waals surface area contributed by atoms with Crippen molar-refractivity contribution in [3.8, 4) is 0 Å². The van der Waals surface area contributed by atoms with Crippen molar-refractivity contribution in [2.24, 2.45) is 0 Å². The fraction of sp³-hybridized carbons (Fsp3) is 0.316. The van der Waals surface area contributed by atoms with E-state index in [2.05, 4.69) is 15.7 Å². The van der Waals surface area contributed by atoms with Crippen LogP contribution in [0.2, 0.25) is 0 Å². The molecule has 0 aliphatic carbocycles. The third-order valence-electron chi connectivity index (χ3n) is 4.26. The van der Waals surface area contributed by atoms with Crippen LogP contribution in [-0.2, 0) is 27.6 Å². The highest BCUT2D eigenvalue weighted by atomic mass is 32.2. The second-order valence-electron chi connectivity index (χ2n) is 6.45. The van der Waals surface area contributed by atoms with E-state index in [9.17, 15) is 19.7 Å². The molecule has 1 aliphatic heterocycles. The minimum atomic E-state index is -0.476. The summed E-state index contributed by atoms with van der Waals surface area (Å²) in [5.41, 5.74) is 2.48. The molecule has 0 saturated carbocycles. The number of nitrogens with one attached hydrogen (secondary N) is 2. The standard InChI is InChI=1S/C19H21N5O4S/c1-2-9-20-18(26)10-23-19(15-11-29-12-16(15)22-23)21-17(25)8-5-13-3-6-14(7-4-13)24(27)28/h3-8H,2,9-12H2,1H3,(H,20,26)(H,21,25)/b8-5-. The van der Waals surface area contributed by atoms with Crippen LogP contribution in [0.5, 0.6) is 0 Å². The highest BCUT2D eigenvalue weighted by Crippen LogP contribution is 2.34. The minimum Gasteiger partial charge on any atom is -0.355 e. The molecule has 9 nitrogen and oxygen atoms in total. The zero-order chi connectivity index (χ0) is 20.8. The molecule has 2 N–H and O–H groups in total. The fourth-order valence-corrected chi connectivity index (χ4v) is 3.85. The third-order valence-corrected chi connectivity index (χ3v) is 5.23. The van der Waals surface area contributed by atoms with Crippen molar-refractivity contribution in [3.05, 3.63) is 57.3 Å². The smallest absolute Gasteiger partial charge is 0.269 e. The lowest BCUT2D eigenvalue weighted by Gasteiger charge is -2.10. The van der Waals surface area contributed by atoms with E-state index in [0.717, 1.165) is 29.2 Å². The normalized spacial score (nSPS) is 12.7. The second kappa shape index (κ2) is 9.37. The van der Waals surface area contributed by atoms with Crippen molar-refractivity contribution in [3.63, 3.8) is 0 Å². The SMILES string of the molecule is CCCNC(=O)Cn1nc2c(c1NC(=O)/C=C\c1ccc([N+](=O)[O-])cc1)CSC2. The number of nitrogens with zero attached hydrogens (tertiary/aromatic N) is 3. The van der Waals surface area contributed by atoms with Crippen molar-refractivity contribution in [1.29, 1.82) is 0 Å². The van der Waals surface area contributed by atoms with Gasteiger partial charge in [0, 0.05) is 41.8 Å². The van der Waals surface area contributed by atoms with Crippen molar-refractivity contribution in [2.45, 2.75) is 31.4 Å². The van der Waals surface area contributed by atoms with Crippen LogP contribution in [0.4, 0.5) is 11.5 Å². The number of anilines is 1. The Morgan fingerprint density at radius 3 is 2.76 bits per heavy atom. The predicted octanol–water partition coefficient (Wildman–Crippen LogP) is 2.72. The summed E-state index contributed by atoms with van der Waals surface area (Å²) in [4.78, 5) is 34.7. The summed E-state index contributed by atoms with van der Waals surface area (Å²) in [7, 11) is 0. The van der Waals surface area contributed by atoms with Gasteiger partial charge in [0.2, 0.25) is 11.8 Å². The first-order valence-corrected chi connectivity index (χ1v) is 10.3. The molecule has 152 valence electrons. The number of thioether (sulfide) groups is 1. The zero-order valence-electron chi connectivity index (χ0n) is 15.9. The molecule has 0 atom stereocenters. The zero-order valence-corrected chi connectivity index (χ0v) is 16.7. The maximum absolute atomic E-state index is 12.4. The number of rotatable bonds is 8. The van der Waals surface area contributed by atoms with Gasteiger partial charge >= 0.3 is 0 Å². The van der Waals surface area contributed by atoms with Gasteiger partial charge in [-0.15, -0.1) is 0 Å². The first-order valence-electron chi connectivity index (χ1n) is 9.14. The number of hydrogen-bond donors (Lipinski definition) is 2. The van der Waals surface area contributed by atoms with E-state index < -0.39 is 4.92 Å². The summed E-state index contributed by atoms with van der Waals surface area (Å²) in [6.07, 6.45) is 3.77. The first kappa shape index (κ1) is 20.6. The Morgan fingerprint density at radius 1 is 1.31 bits per heavy atom. The Morgan fingerprint density at radius 2 is 2.07 bits per heavy atom. The average Bonchev–Trinajstić information content (AvgIpc) is 3.28. The lowest BCUT2D eigenvalue weighted by molar-refractivity contribution is -0.384. The van der Waals surface area contributed by atoms with Crippen molar-refractivity contribution in [1.82, 2.24) is 15.1 Å². The molecule has 10 heteroatoms. The summed E-state index contributed by atoms with van der Waals surface area (Å²) in [6.45, 7) is 2.61. The maximum atomic E-state index is 12.4. The molecule has 0 spiro atoms. The molecule has 29 heavy (non-hydrogen) atoms. The number of nitro groups is 1. The number of benzene rings is 1. The Labute approximate surface area is 171 Å². The summed E-state index contributed by atoms with van der Waals surface area (Å²) < 4.78 is 1.53. The topological polar surface area (TPSA) is 119 Å². The number of fused-ring (bicyclic) bond motifs is 1. The molecular weight excluding hydrogens is 394 g/mol. The van der Waals surface area contributed by atoms with Gasteiger partial charge in [-0.2, -0.15) is 16.9 Å². The molecule has 1 aromatic carbocycles. The van der Waals surface area contributed by atoms with Gasteiger partial charge in [-0.05, 0) is 30.2 Å². The lowest BCUT2D eigenvalue weighted by atomic mass is 10.2. The fourth-order valence-electron chi connectivity index (χ4n) is 2.81. The van der Waals surface area contributed by atoms with Gasteiger partial charge in [-0.25, -0.2) is 4.68 Å². The van der Waals surface area contributed by atoms with Crippen LogP contribution in [-0.4, -0.2) is 33.1 Å². The molecule has 2 amide bonds. The van der Waals surface area contributed by atoms with E-state index in [1.54, 1.807) is 30.0 Å². The van der Waals surface area contributed by atoms with Gasteiger partial charge in [0.1, 0.15) is 12.4 Å². The van der Waals surface area contributed by atoms with E-state index in [4.69, 9.17) is 0 Å². The maximum Gasteiger partial charge on any atom is 0.269 e. The highest BCUT2D eigenvalue weighted by Gasteiger charge is 2.24. The Hall–Kier alpha value is -3.14. The number of nitro benzene ring substituents is 1. The van der Waals surface area contributed by atoms with Gasteiger partial charge in [0.25, 0.3) is 5.69 Å². The van der Waals surface area contributed by atoms with Gasteiger partial charge in [0.15, 0.2) is 0 Å². The van der Waals surface area contributed by atoms with Gasteiger partial charge in [-0.3, -0.25) is 19.7 Å². The molecular formula is C19H21N5O4S. The van der Waals surface area contributed by atoms with Crippen molar-refractivity contribution in [2.75, 3.05) is 11.9 Å². The quantitative estimate of drug-likeness (QED) is 0.389. The highest BCUT2D eigenvalue weighted by molar-refractivity contribution is 7.98. The first-order chi connectivity index (χ1) is 14.0.